The zero-order chi connectivity index (χ0) is 14.8. The molecule has 1 heterocycles. The lowest BCUT2D eigenvalue weighted by molar-refractivity contribution is 0.567. The molecule has 0 unspecified atom stereocenters. The van der Waals surface area contributed by atoms with Crippen LogP contribution in [-0.4, -0.2) is 19.9 Å². The second-order valence-electron chi connectivity index (χ2n) is 4.85. The Morgan fingerprint density at radius 1 is 1.15 bits per heavy atom. The molecule has 0 atom stereocenters. The SMILES string of the molecule is CCCCCCCCNS(=O)(=O)c1ccc(CN)nc1. The van der Waals surface area contributed by atoms with E-state index in [1.54, 1.807) is 12.1 Å². The van der Waals surface area contributed by atoms with Crippen LogP contribution in [0.2, 0.25) is 0 Å². The fraction of sp³-hybridized carbons (Fsp3) is 0.643. The maximum absolute atomic E-state index is 12.0. The highest BCUT2D eigenvalue weighted by Crippen LogP contribution is 2.08. The van der Waals surface area contributed by atoms with Crippen molar-refractivity contribution >= 4 is 10.0 Å². The maximum Gasteiger partial charge on any atom is 0.242 e. The van der Waals surface area contributed by atoms with E-state index in [0.717, 1.165) is 12.8 Å². The molecule has 5 nitrogen and oxygen atoms in total. The van der Waals surface area contributed by atoms with Gasteiger partial charge in [-0.3, -0.25) is 4.98 Å². The van der Waals surface area contributed by atoms with Crippen LogP contribution in [0, 0.1) is 0 Å². The number of sulfonamides is 1. The fourth-order valence-corrected chi connectivity index (χ4v) is 2.90. The van der Waals surface area contributed by atoms with Crippen LogP contribution in [0.4, 0.5) is 0 Å². The molecule has 0 spiro atoms. The molecule has 1 aromatic heterocycles. The summed E-state index contributed by atoms with van der Waals surface area (Å²) < 4.78 is 26.6. The van der Waals surface area contributed by atoms with Gasteiger partial charge >= 0.3 is 0 Å². The predicted molar refractivity (Wildman–Crippen MR) is 80.7 cm³/mol. The van der Waals surface area contributed by atoms with Crippen LogP contribution in [0.15, 0.2) is 23.2 Å². The molecule has 6 heteroatoms. The molecular weight excluding hydrogens is 274 g/mol. The van der Waals surface area contributed by atoms with E-state index in [0.29, 0.717) is 18.8 Å². The minimum atomic E-state index is -3.44. The predicted octanol–water partition coefficient (Wildman–Crippen LogP) is 2.18. The summed E-state index contributed by atoms with van der Waals surface area (Å²) in [4.78, 5) is 4.19. The van der Waals surface area contributed by atoms with Crippen molar-refractivity contribution in [1.82, 2.24) is 9.71 Å². The van der Waals surface area contributed by atoms with Crippen LogP contribution in [0.3, 0.4) is 0 Å². The van der Waals surface area contributed by atoms with Crippen molar-refractivity contribution in [2.24, 2.45) is 5.73 Å². The lowest BCUT2D eigenvalue weighted by Crippen LogP contribution is -2.25. The van der Waals surface area contributed by atoms with Crippen LogP contribution in [0.1, 0.15) is 51.1 Å². The molecule has 1 rings (SSSR count). The van der Waals surface area contributed by atoms with Crippen molar-refractivity contribution in [3.05, 3.63) is 24.0 Å². The van der Waals surface area contributed by atoms with E-state index >= 15 is 0 Å². The van der Waals surface area contributed by atoms with Gasteiger partial charge in [0.25, 0.3) is 0 Å². The molecule has 0 aromatic carbocycles. The van der Waals surface area contributed by atoms with E-state index in [-0.39, 0.29) is 4.90 Å². The number of nitrogens with one attached hydrogen (secondary N) is 1. The van der Waals surface area contributed by atoms with Crippen molar-refractivity contribution in [3.63, 3.8) is 0 Å². The standard InChI is InChI=1S/C14H25N3O2S/c1-2-3-4-5-6-7-10-17-20(18,19)14-9-8-13(11-15)16-12-14/h8-9,12,17H,2-7,10-11,15H2,1H3. The zero-order valence-corrected chi connectivity index (χ0v) is 13.0. The van der Waals surface area contributed by atoms with E-state index < -0.39 is 10.0 Å². The van der Waals surface area contributed by atoms with Crippen LogP contribution in [0.5, 0.6) is 0 Å². The second-order valence-corrected chi connectivity index (χ2v) is 6.62. The van der Waals surface area contributed by atoms with E-state index in [1.165, 1.54) is 31.9 Å². The summed E-state index contributed by atoms with van der Waals surface area (Å²) in [5.41, 5.74) is 6.11. The quantitative estimate of drug-likeness (QED) is 0.648. The molecule has 0 aliphatic carbocycles. The van der Waals surface area contributed by atoms with Crippen LogP contribution < -0.4 is 10.5 Å². The van der Waals surface area contributed by atoms with Crippen LogP contribution >= 0.6 is 0 Å². The third-order valence-corrected chi connectivity index (χ3v) is 4.59. The second kappa shape index (κ2) is 9.05. The van der Waals surface area contributed by atoms with Gasteiger partial charge in [0, 0.05) is 19.3 Å². The van der Waals surface area contributed by atoms with Gasteiger partial charge in [-0.1, -0.05) is 39.0 Å². The average molecular weight is 299 g/mol. The molecule has 0 radical (unpaired) electrons. The lowest BCUT2D eigenvalue weighted by Gasteiger charge is -2.07. The molecule has 20 heavy (non-hydrogen) atoms. The lowest BCUT2D eigenvalue weighted by atomic mass is 10.1. The first-order chi connectivity index (χ1) is 9.60. The highest BCUT2D eigenvalue weighted by molar-refractivity contribution is 7.89. The smallest absolute Gasteiger partial charge is 0.242 e. The Morgan fingerprint density at radius 3 is 2.45 bits per heavy atom. The van der Waals surface area contributed by atoms with Gasteiger partial charge < -0.3 is 5.73 Å². The summed E-state index contributed by atoms with van der Waals surface area (Å²) in [5.74, 6) is 0. The zero-order valence-electron chi connectivity index (χ0n) is 12.1. The minimum Gasteiger partial charge on any atom is -0.325 e. The number of hydrogen-bond acceptors (Lipinski definition) is 4. The van der Waals surface area contributed by atoms with Gasteiger partial charge in [0.15, 0.2) is 0 Å². The van der Waals surface area contributed by atoms with Crippen LogP contribution in [0.25, 0.3) is 0 Å². The van der Waals surface area contributed by atoms with Crippen molar-refractivity contribution in [2.45, 2.75) is 56.9 Å². The largest absolute Gasteiger partial charge is 0.325 e. The Balaban J connectivity index is 2.33. The minimum absolute atomic E-state index is 0.195. The molecule has 3 N–H and O–H groups in total. The summed E-state index contributed by atoms with van der Waals surface area (Å²) in [6.07, 6.45) is 8.16. The maximum atomic E-state index is 12.0. The number of aromatic nitrogens is 1. The summed E-state index contributed by atoms with van der Waals surface area (Å²) in [7, 11) is -3.44. The van der Waals surface area contributed by atoms with Crippen molar-refractivity contribution < 1.29 is 8.42 Å². The summed E-state index contributed by atoms with van der Waals surface area (Å²) in [6, 6.07) is 3.18. The molecule has 0 aliphatic rings. The average Bonchev–Trinajstić information content (AvgIpc) is 2.46. The van der Waals surface area contributed by atoms with Gasteiger partial charge in [-0.15, -0.1) is 0 Å². The van der Waals surface area contributed by atoms with Gasteiger partial charge in [-0.25, -0.2) is 13.1 Å². The Kier molecular flexibility index (Phi) is 7.72. The number of pyridine rings is 1. The van der Waals surface area contributed by atoms with Crippen molar-refractivity contribution in [3.8, 4) is 0 Å². The van der Waals surface area contributed by atoms with Gasteiger partial charge in [-0.2, -0.15) is 0 Å². The topological polar surface area (TPSA) is 85.1 Å². The number of hydrogen-bond donors (Lipinski definition) is 2. The number of nitrogens with two attached hydrogens (primary N) is 1. The fourth-order valence-electron chi connectivity index (χ4n) is 1.89. The van der Waals surface area contributed by atoms with E-state index in [1.807, 2.05) is 0 Å². The molecular formula is C14H25N3O2S. The molecule has 1 aromatic rings. The number of rotatable bonds is 10. The molecule has 0 saturated heterocycles. The van der Waals surface area contributed by atoms with E-state index in [2.05, 4.69) is 16.6 Å². The Morgan fingerprint density at radius 2 is 1.85 bits per heavy atom. The molecule has 0 bridgehead atoms. The first-order valence-corrected chi connectivity index (χ1v) is 8.73. The van der Waals surface area contributed by atoms with E-state index in [4.69, 9.17) is 5.73 Å². The van der Waals surface area contributed by atoms with Crippen molar-refractivity contribution in [2.75, 3.05) is 6.54 Å². The van der Waals surface area contributed by atoms with Gasteiger partial charge in [0.2, 0.25) is 10.0 Å². The Hall–Kier alpha value is -0.980. The molecule has 0 saturated carbocycles. The summed E-state index contributed by atoms with van der Waals surface area (Å²) in [6.45, 7) is 2.97. The third kappa shape index (κ3) is 5.98. The van der Waals surface area contributed by atoms with E-state index in [9.17, 15) is 8.42 Å². The first kappa shape index (κ1) is 17.1. The normalized spacial score (nSPS) is 11.7. The third-order valence-electron chi connectivity index (χ3n) is 3.14. The van der Waals surface area contributed by atoms with Crippen molar-refractivity contribution in [1.29, 1.82) is 0 Å². The molecule has 114 valence electrons. The van der Waals surface area contributed by atoms with Gasteiger partial charge in [0.05, 0.1) is 5.69 Å². The van der Waals surface area contributed by atoms with Crippen LogP contribution in [-0.2, 0) is 16.6 Å². The number of unbranched alkanes of at least 4 members (excludes halogenated alkanes) is 5. The Labute approximate surface area is 122 Å². The first-order valence-electron chi connectivity index (χ1n) is 7.25. The van der Waals surface area contributed by atoms with Gasteiger partial charge in [0.1, 0.15) is 4.90 Å². The summed E-state index contributed by atoms with van der Waals surface area (Å²) in [5, 5.41) is 0. The molecule has 0 amide bonds. The Bertz CT molecular complexity index is 472. The molecule has 0 fully saturated rings. The highest BCUT2D eigenvalue weighted by atomic mass is 32.2. The van der Waals surface area contributed by atoms with Gasteiger partial charge in [-0.05, 0) is 18.6 Å². The monoisotopic (exact) mass is 299 g/mol. The number of nitrogens with zero attached hydrogens (tertiary/aromatic N) is 1. The summed E-state index contributed by atoms with van der Waals surface area (Å²) >= 11 is 0. The highest BCUT2D eigenvalue weighted by Gasteiger charge is 2.13. The molecule has 0 aliphatic heterocycles.